The summed E-state index contributed by atoms with van der Waals surface area (Å²) in [5, 5.41) is 22.0. The highest BCUT2D eigenvalue weighted by molar-refractivity contribution is 5.99. The Kier molecular flexibility index (Phi) is 4.88. The lowest BCUT2D eigenvalue weighted by Gasteiger charge is -2.24. The second-order valence-electron chi connectivity index (χ2n) is 6.06. The van der Waals surface area contributed by atoms with Crippen LogP contribution in [0, 0.1) is 0 Å². The fraction of sp³-hybridized carbons (Fsp3) is 0.263. The van der Waals surface area contributed by atoms with Crippen molar-refractivity contribution in [1.29, 1.82) is 0 Å². The molecular weight excluding hydrogens is 320 g/mol. The summed E-state index contributed by atoms with van der Waals surface area (Å²) in [6.07, 6.45) is 1.34. The van der Waals surface area contributed by atoms with Crippen molar-refractivity contribution in [3.05, 3.63) is 59.7 Å². The minimum atomic E-state index is -0.538. The van der Waals surface area contributed by atoms with Crippen molar-refractivity contribution in [3.63, 3.8) is 0 Å². The van der Waals surface area contributed by atoms with Crippen LogP contribution in [0.25, 0.3) is 0 Å². The highest BCUT2D eigenvalue weighted by atomic mass is 16.3. The number of phenols is 2. The van der Waals surface area contributed by atoms with Gasteiger partial charge in [-0.25, -0.2) is 0 Å². The Morgan fingerprint density at radius 1 is 1.08 bits per heavy atom. The molecule has 1 fully saturated rings. The van der Waals surface area contributed by atoms with Gasteiger partial charge < -0.3 is 20.4 Å². The number of hydrogen-bond acceptors (Lipinski definition) is 4. The van der Waals surface area contributed by atoms with Gasteiger partial charge in [-0.2, -0.15) is 0 Å². The van der Waals surface area contributed by atoms with Crippen LogP contribution in [0.1, 0.15) is 28.8 Å². The van der Waals surface area contributed by atoms with Gasteiger partial charge in [-0.1, -0.05) is 24.3 Å². The number of amides is 2. The molecule has 0 bridgehead atoms. The number of aromatic hydroxyl groups is 2. The van der Waals surface area contributed by atoms with Gasteiger partial charge in [0.1, 0.15) is 17.5 Å². The monoisotopic (exact) mass is 340 g/mol. The Hall–Kier alpha value is -3.02. The molecule has 1 atom stereocenters. The molecule has 3 rings (SSSR count). The van der Waals surface area contributed by atoms with Crippen LogP contribution in [0.15, 0.2) is 48.5 Å². The van der Waals surface area contributed by atoms with Gasteiger partial charge in [0.05, 0.1) is 5.56 Å². The highest BCUT2D eigenvalue weighted by Gasteiger charge is 2.35. The Bertz CT molecular complexity index is 773. The van der Waals surface area contributed by atoms with Crippen LogP contribution in [0.2, 0.25) is 0 Å². The molecular formula is C19H20N2O4. The average Bonchev–Trinajstić information content (AvgIpc) is 3.10. The molecule has 1 heterocycles. The maximum Gasteiger partial charge on any atom is 0.258 e. The van der Waals surface area contributed by atoms with Crippen LogP contribution < -0.4 is 5.32 Å². The first-order chi connectivity index (χ1) is 12.1. The van der Waals surface area contributed by atoms with Crippen molar-refractivity contribution in [3.8, 4) is 11.5 Å². The summed E-state index contributed by atoms with van der Waals surface area (Å²) < 4.78 is 0. The normalized spacial score (nSPS) is 16.6. The smallest absolute Gasteiger partial charge is 0.258 e. The van der Waals surface area contributed by atoms with Gasteiger partial charge in [0.25, 0.3) is 5.91 Å². The molecule has 0 saturated carbocycles. The standard InChI is InChI=1S/C19H20N2O4/c22-14-9-7-13(8-10-14)12-20-18(24)16-5-3-11-21(16)19(25)15-4-1-2-6-17(15)23/h1-2,4,6-10,16,22-23H,3,5,11-12H2,(H,20,24). The molecule has 1 unspecified atom stereocenters. The van der Waals surface area contributed by atoms with Crippen molar-refractivity contribution in [2.75, 3.05) is 6.54 Å². The summed E-state index contributed by atoms with van der Waals surface area (Å²) in [5.74, 6) is -0.456. The number of carbonyl (C=O) groups excluding carboxylic acids is 2. The van der Waals surface area contributed by atoms with Crippen molar-refractivity contribution >= 4 is 11.8 Å². The summed E-state index contributed by atoms with van der Waals surface area (Å²) in [4.78, 5) is 26.7. The van der Waals surface area contributed by atoms with Gasteiger partial charge in [0, 0.05) is 13.1 Å². The number of nitrogens with one attached hydrogen (secondary N) is 1. The molecule has 1 saturated heterocycles. The second kappa shape index (κ2) is 7.25. The predicted molar refractivity (Wildman–Crippen MR) is 92.1 cm³/mol. The molecule has 1 aliphatic rings. The Labute approximate surface area is 145 Å². The molecule has 0 spiro atoms. The zero-order valence-electron chi connectivity index (χ0n) is 13.7. The van der Waals surface area contributed by atoms with Gasteiger partial charge in [0.15, 0.2) is 0 Å². The first kappa shape index (κ1) is 16.8. The number of hydrogen-bond donors (Lipinski definition) is 3. The first-order valence-corrected chi connectivity index (χ1v) is 8.21. The van der Waals surface area contributed by atoms with E-state index in [9.17, 15) is 19.8 Å². The van der Waals surface area contributed by atoms with Crippen LogP contribution in [0.5, 0.6) is 11.5 Å². The highest BCUT2D eigenvalue weighted by Crippen LogP contribution is 2.24. The van der Waals surface area contributed by atoms with Crippen LogP contribution in [0.3, 0.4) is 0 Å². The fourth-order valence-electron chi connectivity index (χ4n) is 3.01. The van der Waals surface area contributed by atoms with Crippen LogP contribution in [-0.4, -0.2) is 39.5 Å². The Balaban J connectivity index is 1.66. The zero-order valence-corrected chi connectivity index (χ0v) is 13.7. The summed E-state index contributed by atoms with van der Waals surface area (Å²) in [6, 6.07) is 12.4. The third-order valence-corrected chi connectivity index (χ3v) is 4.35. The molecule has 2 amide bonds. The van der Waals surface area contributed by atoms with E-state index in [1.54, 1.807) is 42.5 Å². The lowest BCUT2D eigenvalue weighted by molar-refractivity contribution is -0.125. The summed E-state index contributed by atoms with van der Waals surface area (Å²) in [7, 11) is 0. The topological polar surface area (TPSA) is 89.9 Å². The minimum absolute atomic E-state index is 0.0809. The van der Waals surface area contributed by atoms with E-state index in [2.05, 4.69) is 5.32 Å². The number of rotatable bonds is 4. The zero-order chi connectivity index (χ0) is 17.8. The van der Waals surface area contributed by atoms with E-state index in [0.717, 1.165) is 12.0 Å². The maximum absolute atomic E-state index is 12.7. The molecule has 0 aliphatic carbocycles. The predicted octanol–water partition coefficient (Wildman–Crippen LogP) is 2.02. The Morgan fingerprint density at radius 3 is 2.52 bits per heavy atom. The summed E-state index contributed by atoms with van der Waals surface area (Å²) in [6.45, 7) is 0.818. The largest absolute Gasteiger partial charge is 0.508 e. The van der Waals surface area contributed by atoms with Gasteiger partial charge in [-0.05, 0) is 42.7 Å². The molecule has 3 N–H and O–H groups in total. The molecule has 6 nitrogen and oxygen atoms in total. The number of nitrogens with zero attached hydrogens (tertiary/aromatic N) is 1. The minimum Gasteiger partial charge on any atom is -0.508 e. The van der Waals surface area contributed by atoms with Crippen molar-refractivity contribution < 1.29 is 19.8 Å². The lowest BCUT2D eigenvalue weighted by Crippen LogP contribution is -2.45. The maximum atomic E-state index is 12.7. The van der Waals surface area contributed by atoms with E-state index in [-0.39, 0.29) is 28.9 Å². The average molecular weight is 340 g/mol. The van der Waals surface area contributed by atoms with E-state index in [1.807, 2.05) is 0 Å². The first-order valence-electron chi connectivity index (χ1n) is 8.21. The van der Waals surface area contributed by atoms with Crippen molar-refractivity contribution in [1.82, 2.24) is 10.2 Å². The molecule has 1 aliphatic heterocycles. The number of phenolic OH excluding ortho intramolecular Hbond substituents is 2. The van der Waals surface area contributed by atoms with Gasteiger partial charge in [-0.3, -0.25) is 9.59 Å². The number of para-hydroxylation sites is 1. The third-order valence-electron chi connectivity index (χ3n) is 4.35. The van der Waals surface area contributed by atoms with Crippen molar-refractivity contribution in [2.45, 2.75) is 25.4 Å². The lowest BCUT2D eigenvalue weighted by atomic mass is 10.1. The molecule has 130 valence electrons. The van der Waals surface area contributed by atoms with E-state index in [4.69, 9.17) is 0 Å². The number of benzene rings is 2. The van der Waals surface area contributed by atoms with Crippen LogP contribution >= 0.6 is 0 Å². The fourth-order valence-corrected chi connectivity index (χ4v) is 3.01. The quantitative estimate of drug-likeness (QED) is 0.794. The molecule has 0 radical (unpaired) electrons. The molecule has 2 aromatic carbocycles. The number of likely N-dealkylation sites (tertiary alicyclic amines) is 1. The second-order valence-corrected chi connectivity index (χ2v) is 6.06. The number of carbonyl (C=O) groups is 2. The van der Waals surface area contributed by atoms with Crippen molar-refractivity contribution in [2.24, 2.45) is 0 Å². The van der Waals surface area contributed by atoms with E-state index >= 15 is 0 Å². The third kappa shape index (κ3) is 3.74. The molecule has 25 heavy (non-hydrogen) atoms. The summed E-state index contributed by atoms with van der Waals surface area (Å²) >= 11 is 0. The molecule has 6 heteroatoms. The van der Waals surface area contributed by atoms with Gasteiger partial charge in [-0.15, -0.1) is 0 Å². The van der Waals surface area contributed by atoms with Gasteiger partial charge in [0.2, 0.25) is 5.91 Å². The molecule has 2 aromatic rings. The van der Waals surface area contributed by atoms with Crippen LogP contribution in [0.4, 0.5) is 0 Å². The van der Waals surface area contributed by atoms with E-state index in [0.29, 0.717) is 19.5 Å². The van der Waals surface area contributed by atoms with Gasteiger partial charge >= 0.3 is 0 Å². The Morgan fingerprint density at radius 2 is 1.80 bits per heavy atom. The SMILES string of the molecule is O=C(NCc1ccc(O)cc1)C1CCCN1C(=O)c1ccccc1O. The van der Waals surface area contributed by atoms with E-state index in [1.165, 1.54) is 11.0 Å². The molecule has 0 aromatic heterocycles. The summed E-state index contributed by atoms with van der Waals surface area (Å²) in [5.41, 5.74) is 1.07. The van der Waals surface area contributed by atoms with Crippen LogP contribution in [-0.2, 0) is 11.3 Å². The van der Waals surface area contributed by atoms with E-state index < -0.39 is 6.04 Å².